The van der Waals surface area contributed by atoms with Crippen molar-refractivity contribution in [3.63, 3.8) is 0 Å². The number of phenols is 6. The highest BCUT2D eigenvalue weighted by atomic mass is 16.3. The molecular weight excluding hydrogens is 358 g/mol. The molecule has 0 bridgehead atoms. The number of Topliss-reactive ketones (excluding diaryl/α,β-unsaturated/α-hetero) is 1. The number of ketones is 1. The molecule has 142 valence electrons. The lowest BCUT2D eigenvalue weighted by Crippen LogP contribution is -2.40. The van der Waals surface area contributed by atoms with Crippen molar-refractivity contribution >= 4 is 11.7 Å². The Bertz CT molecular complexity index is 817. The summed E-state index contributed by atoms with van der Waals surface area (Å²) in [6, 6.07) is 3.07. The van der Waals surface area contributed by atoms with Crippen LogP contribution < -0.4 is 0 Å². The first-order valence-corrected chi connectivity index (χ1v) is 8.05. The fourth-order valence-electron chi connectivity index (χ4n) is 3.11. The van der Waals surface area contributed by atoms with Gasteiger partial charge in [0.05, 0.1) is 6.04 Å². The smallest absolute Gasteiger partial charge is 0.254 e. The van der Waals surface area contributed by atoms with E-state index in [9.17, 15) is 40.2 Å². The van der Waals surface area contributed by atoms with Crippen molar-refractivity contribution in [1.29, 1.82) is 0 Å². The zero-order valence-electron chi connectivity index (χ0n) is 14.0. The molecule has 1 atom stereocenters. The van der Waals surface area contributed by atoms with Crippen LogP contribution in [0.2, 0.25) is 0 Å². The number of carbonyl (C=O) groups is 2. The van der Waals surface area contributed by atoms with Crippen LogP contribution in [0.3, 0.4) is 0 Å². The lowest BCUT2D eigenvalue weighted by Gasteiger charge is -2.24. The van der Waals surface area contributed by atoms with Crippen molar-refractivity contribution in [2.75, 3.05) is 6.54 Å². The summed E-state index contributed by atoms with van der Waals surface area (Å²) in [4.78, 5) is 26.7. The third-order valence-corrected chi connectivity index (χ3v) is 4.49. The molecule has 9 heteroatoms. The number of likely N-dealkylation sites (tertiary alicyclic amines) is 1. The monoisotopic (exact) mass is 375 g/mol. The molecule has 1 aliphatic heterocycles. The van der Waals surface area contributed by atoms with Crippen molar-refractivity contribution < 1.29 is 40.2 Å². The van der Waals surface area contributed by atoms with E-state index in [0.717, 1.165) is 24.3 Å². The molecule has 1 unspecified atom stereocenters. The van der Waals surface area contributed by atoms with Crippen LogP contribution in [0.5, 0.6) is 34.5 Å². The van der Waals surface area contributed by atoms with Gasteiger partial charge in [0.25, 0.3) is 5.91 Å². The molecule has 9 nitrogen and oxygen atoms in total. The average molecular weight is 375 g/mol. The normalized spacial score (nSPS) is 16.4. The molecule has 0 aromatic heterocycles. The third-order valence-electron chi connectivity index (χ3n) is 4.49. The molecule has 3 rings (SSSR count). The molecule has 1 aliphatic rings. The Labute approximate surface area is 153 Å². The lowest BCUT2D eigenvalue weighted by molar-refractivity contribution is 0.0671. The van der Waals surface area contributed by atoms with Crippen LogP contribution in [0.1, 0.15) is 33.6 Å². The fraction of sp³-hybridized carbons (Fsp3) is 0.222. The number of phenolic OH excluding ortho intramolecular Hbond substituents is 6. The Morgan fingerprint density at radius 3 is 1.70 bits per heavy atom. The second kappa shape index (κ2) is 6.60. The first kappa shape index (κ1) is 18.2. The van der Waals surface area contributed by atoms with E-state index < -0.39 is 52.2 Å². The standard InChI is InChI=1S/C18H17NO8/c20-11-4-8(5-12(21)16(11)25)15(24)10-2-1-3-19(10)18(27)9-6-13(22)17(26)14(23)7-9/h4-7,10,20-23,25-26H,1-3H2. The highest BCUT2D eigenvalue weighted by molar-refractivity contribution is 6.05. The van der Waals surface area contributed by atoms with E-state index in [1.54, 1.807) is 0 Å². The zero-order chi connectivity index (χ0) is 19.9. The van der Waals surface area contributed by atoms with E-state index >= 15 is 0 Å². The summed E-state index contributed by atoms with van der Waals surface area (Å²) >= 11 is 0. The highest BCUT2D eigenvalue weighted by Crippen LogP contribution is 2.38. The first-order chi connectivity index (χ1) is 12.7. The summed E-state index contributed by atoms with van der Waals surface area (Å²) in [7, 11) is 0. The van der Waals surface area contributed by atoms with Gasteiger partial charge in [0.15, 0.2) is 40.3 Å². The van der Waals surface area contributed by atoms with Gasteiger partial charge in [-0.25, -0.2) is 0 Å². The molecule has 1 heterocycles. The second-order valence-corrected chi connectivity index (χ2v) is 6.25. The Kier molecular flexibility index (Phi) is 4.44. The molecule has 0 aliphatic carbocycles. The van der Waals surface area contributed by atoms with Gasteiger partial charge in [0.2, 0.25) is 0 Å². The van der Waals surface area contributed by atoms with Gasteiger partial charge in [-0.3, -0.25) is 9.59 Å². The number of rotatable bonds is 3. The van der Waals surface area contributed by atoms with Crippen LogP contribution in [0.25, 0.3) is 0 Å². The van der Waals surface area contributed by atoms with Gasteiger partial charge >= 0.3 is 0 Å². The van der Waals surface area contributed by atoms with Crippen LogP contribution in [0.4, 0.5) is 0 Å². The maximum atomic E-state index is 12.8. The maximum absolute atomic E-state index is 12.8. The average Bonchev–Trinajstić information content (AvgIpc) is 3.11. The Morgan fingerprint density at radius 2 is 1.22 bits per heavy atom. The number of aromatic hydroxyl groups is 6. The number of hydrogen-bond acceptors (Lipinski definition) is 8. The van der Waals surface area contributed by atoms with Gasteiger partial charge < -0.3 is 35.5 Å². The van der Waals surface area contributed by atoms with Crippen LogP contribution in [-0.4, -0.2) is 59.8 Å². The minimum atomic E-state index is -0.890. The van der Waals surface area contributed by atoms with Gasteiger partial charge in [0.1, 0.15) is 0 Å². The van der Waals surface area contributed by atoms with Gasteiger partial charge in [-0.15, -0.1) is 0 Å². The predicted molar refractivity (Wildman–Crippen MR) is 91.3 cm³/mol. The van der Waals surface area contributed by atoms with Gasteiger partial charge in [-0.05, 0) is 37.1 Å². The van der Waals surface area contributed by atoms with E-state index in [-0.39, 0.29) is 17.7 Å². The molecule has 27 heavy (non-hydrogen) atoms. The van der Waals surface area contributed by atoms with Crippen LogP contribution in [-0.2, 0) is 0 Å². The van der Waals surface area contributed by atoms with Crippen molar-refractivity contribution in [3.05, 3.63) is 35.4 Å². The molecular formula is C18H17NO8. The Morgan fingerprint density at radius 1 is 0.778 bits per heavy atom. The quantitative estimate of drug-likeness (QED) is 0.347. The van der Waals surface area contributed by atoms with Crippen molar-refractivity contribution in [3.8, 4) is 34.5 Å². The number of carbonyl (C=O) groups excluding carboxylic acids is 2. The predicted octanol–water partition coefficient (Wildman–Crippen LogP) is 1.41. The number of hydrogen-bond donors (Lipinski definition) is 6. The first-order valence-electron chi connectivity index (χ1n) is 8.05. The van der Waals surface area contributed by atoms with E-state index in [1.165, 1.54) is 4.90 Å². The summed E-state index contributed by atoms with van der Waals surface area (Å²) in [5, 5.41) is 57.1. The van der Waals surface area contributed by atoms with E-state index in [0.29, 0.717) is 12.8 Å². The van der Waals surface area contributed by atoms with Crippen LogP contribution in [0.15, 0.2) is 24.3 Å². The molecule has 1 fully saturated rings. The second-order valence-electron chi connectivity index (χ2n) is 6.25. The van der Waals surface area contributed by atoms with Gasteiger partial charge in [0, 0.05) is 17.7 Å². The molecule has 6 N–H and O–H groups in total. The topological polar surface area (TPSA) is 159 Å². The van der Waals surface area contributed by atoms with Crippen molar-refractivity contribution in [2.24, 2.45) is 0 Å². The van der Waals surface area contributed by atoms with Crippen LogP contribution >= 0.6 is 0 Å². The Balaban J connectivity index is 1.91. The van der Waals surface area contributed by atoms with E-state index in [1.807, 2.05) is 0 Å². The van der Waals surface area contributed by atoms with Gasteiger partial charge in [-0.2, -0.15) is 0 Å². The molecule has 0 spiro atoms. The zero-order valence-corrected chi connectivity index (χ0v) is 14.0. The number of amides is 1. The minimum Gasteiger partial charge on any atom is -0.504 e. The number of nitrogens with zero attached hydrogens (tertiary/aromatic N) is 1. The highest BCUT2D eigenvalue weighted by Gasteiger charge is 2.36. The molecule has 2 aromatic carbocycles. The van der Waals surface area contributed by atoms with Gasteiger partial charge in [-0.1, -0.05) is 0 Å². The SMILES string of the molecule is O=C(c1cc(O)c(O)c(O)c1)C1CCCN1C(=O)c1cc(O)c(O)c(O)c1. The van der Waals surface area contributed by atoms with Crippen molar-refractivity contribution in [1.82, 2.24) is 4.90 Å². The molecule has 0 saturated carbocycles. The third kappa shape index (κ3) is 3.14. The van der Waals surface area contributed by atoms with Crippen LogP contribution in [0, 0.1) is 0 Å². The molecule has 1 saturated heterocycles. The summed E-state index contributed by atoms with van der Waals surface area (Å²) in [5.41, 5.74) is -0.192. The summed E-state index contributed by atoms with van der Waals surface area (Å²) < 4.78 is 0. The minimum absolute atomic E-state index is 0.0797. The summed E-state index contributed by atoms with van der Waals surface area (Å²) in [6.07, 6.45) is 0.858. The number of benzene rings is 2. The molecule has 0 radical (unpaired) electrons. The van der Waals surface area contributed by atoms with Crippen molar-refractivity contribution in [2.45, 2.75) is 18.9 Å². The van der Waals surface area contributed by atoms with E-state index in [2.05, 4.69) is 0 Å². The maximum Gasteiger partial charge on any atom is 0.254 e. The Hall–Kier alpha value is -3.62. The largest absolute Gasteiger partial charge is 0.504 e. The molecule has 1 amide bonds. The fourth-order valence-corrected chi connectivity index (χ4v) is 3.11. The summed E-state index contributed by atoms with van der Waals surface area (Å²) in [6.45, 7) is 0.244. The lowest BCUT2D eigenvalue weighted by atomic mass is 10.0. The summed E-state index contributed by atoms with van der Waals surface area (Å²) in [5.74, 6) is -5.35. The van der Waals surface area contributed by atoms with E-state index in [4.69, 9.17) is 0 Å². The molecule has 2 aromatic rings.